The predicted octanol–water partition coefficient (Wildman–Crippen LogP) is 2.63. The number of nitrogens with two attached hydrogens (primary N) is 2. The first-order valence-corrected chi connectivity index (χ1v) is 9.53. The molecule has 26 heavy (non-hydrogen) atoms. The fourth-order valence-electron chi connectivity index (χ4n) is 4.13. The maximum Gasteiger partial charge on any atom is 0.174 e. The standard InChI is InChI=1S/C20H28N6/c1-2-14-5-3-4-6-17(14)24-18-13-20(22,15-7-9-16(21)10-8-15)25-26-12-11-23-19(18)26/h3-6,11-13,15-16,24-25H,2,7-10,21-22H2,1H3. The molecule has 1 atom stereocenters. The normalized spacial score (nSPS) is 28.0. The molecule has 1 fully saturated rings. The maximum absolute atomic E-state index is 6.85. The topological polar surface area (TPSA) is 93.9 Å². The summed E-state index contributed by atoms with van der Waals surface area (Å²) in [5, 5.41) is 3.58. The van der Waals surface area contributed by atoms with Gasteiger partial charge in [0.25, 0.3) is 0 Å². The highest BCUT2D eigenvalue weighted by atomic mass is 15.5. The van der Waals surface area contributed by atoms with Crippen LogP contribution in [0.5, 0.6) is 0 Å². The van der Waals surface area contributed by atoms with E-state index < -0.39 is 5.66 Å². The largest absolute Gasteiger partial charge is 0.352 e. The van der Waals surface area contributed by atoms with Crippen LogP contribution in [0.4, 0.5) is 5.69 Å². The quantitative estimate of drug-likeness (QED) is 0.679. The Morgan fingerprint density at radius 1 is 1.27 bits per heavy atom. The third kappa shape index (κ3) is 3.10. The lowest BCUT2D eigenvalue weighted by atomic mass is 9.78. The lowest BCUT2D eigenvalue weighted by Gasteiger charge is -2.42. The molecule has 6 heteroatoms. The highest BCUT2D eigenvalue weighted by Crippen LogP contribution is 2.35. The minimum atomic E-state index is -0.614. The zero-order valence-electron chi connectivity index (χ0n) is 15.3. The average Bonchev–Trinajstić information content (AvgIpc) is 3.11. The second kappa shape index (κ2) is 6.78. The van der Waals surface area contributed by atoms with Crippen molar-refractivity contribution in [3.05, 3.63) is 54.1 Å². The van der Waals surface area contributed by atoms with Crippen molar-refractivity contribution >= 4 is 11.4 Å². The number of nitrogens with zero attached hydrogens (tertiary/aromatic N) is 2. The van der Waals surface area contributed by atoms with Crippen molar-refractivity contribution in [1.82, 2.24) is 9.66 Å². The van der Waals surface area contributed by atoms with Gasteiger partial charge >= 0.3 is 0 Å². The molecule has 4 rings (SSSR count). The van der Waals surface area contributed by atoms with Crippen LogP contribution >= 0.6 is 0 Å². The molecule has 1 aliphatic carbocycles. The van der Waals surface area contributed by atoms with E-state index in [2.05, 4.69) is 46.9 Å². The zero-order chi connectivity index (χ0) is 18.1. The van der Waals surface area contributed by atoms with E-state index in [4.69, 9.17) is 11.5 Å². The van der Waals surface area contributed by atoms with Gasteiger partial charge in [-0.1, -0.05) is 25.1 Å². The molecule has 0 spiro atoms. The Hall–Kier alpha value is -2.31. The van der Waals surface area contributed by atoms with Gasteiger partial charge in [-0.05, 0) is 49.8 Å². The van der Waals surface area contributed by atoms with Crippen LogP contribution < -0.4 is 22.2 Å². The summed E-state index contributed by atoms with van der Waals surface area (Å²) in [4.78, 5) is 4.51. The highest BCUT2D eigenvalue weighted by molar-refractivity contribution is 5.77. The molecule has 2 aromatic rings. The summed E-state index contributed by atoms with van der Waals surface area (Å²) in [7, 11) is 0. The molecular formula is C20H28N6. The lowest BCUT2D eigenvalue weighted by molar-refractivity contribution is 0.239. The molecule has 0 amide bonds. The molecular weight excluding hydrogens is 324 g/mol. The van der Waals surface area contributed by atoms with Crippen LogP contribution in [0.1, 0.15) is 44.0 Å². The third-order valence-electron chi connectivity index (χ3n) is 5.69. The minimum Gasteiger partial charge on any atom is -0.352 e. The average molecular weight is 352 g/mol. The zero-order valence-corrected chi connectivity index (χ0v) is 15.3. The van der Waals surface area contributed by atoms with Crippen LogP contribution in [0.25, 0.3) is 5.70 Å². The van der Waals surface area contributed by atoms with Gasteiger partial charge in [0.2, 0.25) is 0 Å². The van der Waals surface area contributed by atoms with Crippen LogP contribution in [0, 0.1) is 5.92 Å². The van der Waals surface area contributed by atoms with E-state index in [1.807, 2.05) is 16.9 Å². The number of anilines is 1. The number of aryl methyl sites for hydroxylation is 1. The molecule has 1 aliphatic heterocycles. The summed E-state index contributed by atoms with van der Waals surface area (Å²) < 4.78 is 1.94. The van der Waals surface area contributed by atoms with Crippen LogP contribution in [-0.2, 0) is 6.42 Å². The Labute approximate surface area is 154 Å². The molecule has 0 radical (unpaired) electrons. The first kappa shape index (κ1) is 17.1. The molecule has 0 saturated heterocycles. The summed E-state index contributed by atoms with van der Waals surface area (Å²) in [6.45, 7) is 2.16. The summed E-state index contributed by atoms with van der Waals surface area (Å²) in [6.07, 6.45) is 10.9. The smallest absolute Gasteiger partial charge is 0.174 e. The number of hydrogen-bond acceptors (Lipinski definition) is 5. The van der Waals surface area contributed by atoms with Crippen molar-refractivity contribution < 1.29 is 0 Å². The van der Waals surface area contributed by atoms with Gasteiger partial charge in [-0.25, -0.2) is 9.66 Å². The third-order valence-corrected chi connectivity index (χ3v) is 5.69. The van der Waals surface area contributed by atoms with Gasteiger partial charge in [0.1, 0.15) is 5.66 Å². The molecule has 2 aliphatic rings. The van der Waals surface area contributed by atoms with Gasteiger partial charge in [0.05, 0.1) is 5.70 Å². The first-order chi connectivity index (χ1) is 12.6. The van der Waals surface area contributed by atoms with E-state index in [-0.39, 0.29) is 0 Å². The molecule has 6 N–H and O–H groups in total. The number of imidazole rings is 1. The Morgan fingerprint density at radius 2 is 2.04 bits per heavy atom. The summed E-state index contributed by atoms with van der Waals surface area (Å²) in [5.41, 5.74) is 19.1. The van der Waals surface area contributed by atoms with Gasteiger partial charge in [-0.15, -0.1) is 0 Å². The van der Waals surface area contributed by atoms with Crippen LogP contribution in [0.15, 0.2) is 42.7 Å². The maximum atomic E-state index is 6.85. The fourth-order valence-corrected chi connectivity index (χ4v) is 4.13. The molecule has 0 bridgehead atoms. The molecule has 1 saturated carbocycles. The Balaban J connectivity index is 1.67. The number of rotatable bonds is 4. The molecule has 6 nitrogen and oxygen atoms in total. The van der Waals surface area contributed by atoms with E-state index in [0.717, 1.165) is 49.3 Å². The van der Waals surface area contributed by atoms with E-state index >= 15 is 0 Å². The number of aromatic nitrogens is 2. The molecule has 1 unspecified atom stereocenters. The fraction of sp³-hybridized carbons (Fsp3) is 0.450. The SMILES string of the molecule is CCc1ccccc1NC1=CC(N)(C2CCC(N)CC2)Nn2ccnc21. The second-order valence-electron chi connectivity index (χ2n) is 7.47. The van der Waals surface area contributed by atoms with Crippen molar-refractivity contribution in [2.45, 2.75) is 50.7 Å². The Kier molecular flexibility index (Phi) is 4.46. The minimum absolute atomic E-state index is 0.306. The second-order valence-corrected chi connectivity index (χ2v) is 7.47. The monoisotopic (exact) mass is 352 g/mol. The van der Waals surface area contributed by atoms with Crippen molar-refractivity contribution in [2.24, 2.45) is 17.4 Å². The number of fused-ring (bicyclic) bond motifs is 1. The Bertz CT molecular complexity index is 802. The number of nitrogens with one attached hydrogen (secondary N) is 2. The van der Waals surface area contributed by atoms with Gasteiger partial charge < -0.3 is 22.2 Å². The van der Waals surface area contributed by atoms with Crippen molar-refractivity contribution in [2.75, 3.05) is 10.7 Å². The van der Waals surface area contributed by atoms with Crippen molar-refractivity contribution in [3.8, 4) is 0 Å². The van der Waals surface area contributed by atoms with E-state index in [0.29, 0.717) is 12.0 Å². The number of benzene rings is 1. The van der Waals surface area contributed by atoms with E-state index in [1.54, 1.807) is 6.20 Å². The summed E-state index contributed by atoms with van der Waals surface area (Å²) in [5.74, 6) is 1.19. The molecule has 2 heterocycles. The summed E-state index contributed by atoms with van der Waals surface area (Å²) in [6, 6.07) is 8.68. The van der Waals surface area contributed by atoms with Crippen LogP contribution in [0.2, 0.25) is 0 Å². The van der Waals surface area contributed by atoms with Gasteiger partial charge in [-0.2, -0.15) is 0 Å². The molecule has 1 aromatic carbocycles. The van der Waals surface area contributed by atoms with Crippen molar-refractivity contribution in [3.63, 3.8) is 0 Å². The van der Waals surface area contributed by atoms with Gasteiger partial charge in [0, 0.05) is 30.0 Å². The van der Waals surface area contributed by atoms with E-state index in [9.17, 15) is 0 Å². The summed E-state index contributed by atoms with van der Waals surface area (Å²) >= 11 is 0. The van der Waals surface area contributed by atoms with E-state index in [1.165, 1.54) is 5.56 Å². The van der Waals surface area contributed by atoms with Crippen LogP contribution in [-0.4, -0.2) is 21.4 Å². The number of hydrogen-bond donors (Lipinski definition) is 4. The molecule has 1 aromatic heterocycles. The van der Waals surface area contributed by atoms with Gasteiger partial charge in [-0.3, -0.25) is 0 Å². The number of para-hydroxylation sites is 1. The highest BCUT2D eigenvalue weighted by Gasteiger charge is 2.39. The van der Waals surface area contributed by atoms with Gasteiger partial charge in [0.15, 0.2) is 5.82 Å². The Morgan fingerprint density at radius 3 is 2.81 bits per heavy atom. The lowest BCUT2D eigenvalue weighted by Crippen LogP contribution is -2.58. The predicted molar refractivity (Wildman–Crippen MR) is 106 cm³/mol. The van der Waals surface area contributed by atoms with Crippen LogP contribution in [0.3, 0.4) is 0 Å². The van der Waals surface area contributed by atoms with Crippen molar-refractivity contribution in [1.29, 1.82) is 0 Å². The first-order valence-electron chi connectivity index (χ1n) is 9.53. The molecule has 138 valence electrons.